The van der Waals surface area contributed by atoms with Crippen molar-refractivity contribution in [1.82, 2.24) is 5.32 Å². The minimum absolute atomic E-state index is 0.393. The Kier molecular flexibility index (Phi) is 5.76. The van der Waals surface area contributed by atoms with Crippen LogP contribution < -0.4 is 5.32 Å². The lowest BCUT2D eigenvalue weighted by molar-refractivity contribution is 0.390. The zero-order valence-corrected chi connectivity index (χ0v) is 11.4. The van der Waals surface area contributed by atoms with Crippen molar-refractivity contribution in [2.75, 3.05) is 24.6 Å². The van der Waals surface area contributed by atoms with Gasteiger partial charge in [0, 0.05) is 0 Å². The molecule has 0 aliphatic carbocycles. The molecule has 0 bridgehead atoms. The fraction of sp³-hybridized carbons (Fsp3) is 1.00. The predicted molar refractivity (Wildman–Crippen MR) is 68.3 cm³/mol. The van der Waals surface area contributed by atoms with Crippen molar-refractivity contribution in [1.29, 1.82) is 0 Å². The van der Waals surface area contributed by atoms with Crippen molar-refractivity contribution in [3.63, 3.8) is 0 Å². The second-order valence-electron chi connectivity index (χ2n) is 4.94. The summed E-state index contributed by atoms with van der Waals surface area (Å²) >= 11 is 0. The molecule has 0 aromatic rings. The van der Waals surface area contributed by atoms with Gasteiger partial charge in [0.25, 0.3) is 0 Å². The van der Waals surface area contributed by atoms with Gasteiger partial charge in [-0.05, 0) is 37.8 Å². The van der Waals surface area contributed by atoms with E-state index in [0.717, 1.165) is 31.8 Å². The molecule has 3 nitrogen and oxygen atoms in total. The van der Waals surface area contributed by atoms with Crippen LogP contribution in [0.1, 0.15) is 39.5 Å². The van der Waals surface area contributed by atoms with Gasteiger partial charge in [0.15, 0.2) is 0 Å². The summed E-state index contributed by atoms with van der Waals surface area (Å²) in [6.45, 7) is 6.52. The van der Waals surface area contributed by atoms with E-state index in [1.807, 2.05) is 0 Å². The third-order valence-electron chi connectivity index (χ3n) is 3.69. The van der Waals surface area contributed by atoms with E-state index in [0.29, 0.717) is 17.4 Å². The maximum absolute atomic E-state index is 11.3. The molecule has 1 rings (SSSR count). The summed E-state index contributed by atoms with van der Waals surface area (Å²) < 4.78 is 22.5. The summed E-state index contributed by atoms with van der Waals surface area (Å²) in [4.78, 5) is 0. The van der Waals surface area contributed by atoms with Gasteiger partial charge in [0.2, 0.25) is 0 Å². The van der Waals surface area contributed by atoms with Crippen LogP contribution >= 0.6 is 0 Å². The van der Waals surface area contributed by atoms with Crippen LogP contribution in [0.25, 0.3) is 0 Å². The van der Waals surface area contributed by atoms with Crippen molar-refractivity contribution in [3.8, 4) is 0 Å². The van der Waals surface area contributed by atoms with E-state index in [4.69, 9.17) is 0 Å². The Balaban J connectivity index is 2.15. The molecule has 0 atom stereocenters. The number of hydrogen-bond donors (Lipinski definition) is 1. The molecule has 1 N–H and O–H groups in total. The lowest BCUT2D eigenvalue weighted by atomic mass is 10.0. The van der Waals surface area contributed by atoms with Crippen LogP contribution in [-0.4, -0.2) is 33.0 Å². The fourth-order valence-corrected chi connectivity index (χ4v) is 3.80. The highest BCUT2D eigenvalue weighted by Crippen LogP contribution is 2.18. The molecular weight excluding hydrogens is 222 g/mol. The second-order valence-corrected chi connectivity index (χ2v) is 7.24. The summed E-state index contributed by atoms with van der Waals surface area (Å²) in [5.74, 6) is 2.12. The monoisotopic (exact) mass is 247 g/mol. The Hall–Kier alpha value is -0.0900. The minimum Gasteiger partial charge on any atom is -0.316 e. The Labute approximate surface area is 99.9 Å². The quantitative estimate of drug-likeness (QED) is 0.779. The van der Waals surface area contributed by atoms with E-state index in [9.17, 15) is 8.42 Å². The molecule has 4 heteroatoms. The fourth-order valence-electron chi connectivity index (χ4n) is 2.21. The van der Waals surface area contributed by atoms with Gasteiger partial charge in [-0.15, -0.1) is 0 Å². The molecule has 96 valence electrons. The van der Waals surface area contributed by atoms with Crippen molar-refractivity contribution in [2.45, 2.75) is 39.5 Å². The first kappa shape index (κ1) is 14.0. The summed E-state index contributed by atoms with van der Waals surface area (Å²) in [6.07, 6.45) is 4.14. The molecule has 0 unspecified atom stereocenters. The van der Waals surface area contributed by atoms with E-state index in [-0.39, 0.29) is 0 Å². The Bertz CT molecular complexity index is 269. The third-order valence-corrected chi connectivity index (χ3v) is 5.41. The van der Waals surface area contributed by atoms with Crippen molar-refractivity contribution in [3.05, 3.63) is 0 Å². The van der Waals surface area contributed by atoms with Crippen LogP contribution in [0.15, 0.2) is 0 Å². The van der Waals surface area contributed by atoms with Gasteiger partial charge in [-0.1, -0.05) is 26.7 Å². The first-order valence-electron chi connectivity index (χ1n) is 6.48. The van der Waals surface area contributed by atoms with Gasteiger partial charge < -0.3 is 5.32 Å². The highest BCUT2D eigenvalue weighted by Gasteiger charge is 2.23. The van der Waals surface area contributed by atoms with Gasteiger partial charge in [-0.3, -0.25) is 0 Å². The summed E-state index contributed by atoms with van der Waals surface area (Å²) in [5.41, 5.74) is 0. The maximum atomic E-state index is 11.3. The number of nitrogens with one attached hydrogen (secondary N) is 1. The zero-order chi connectivity index (χ0) is 12.0. The molecule has 1 aliphatic heterocycles. The molecule has 1 aliphatic rings. The zero-order valence-electron chi connectivity index (χ0n) is 10.5. The molecule has 0 aromatic carbocycles. The maximum Gasteiger partial charge on any atom is 0.150 e. The Morgan fingerprint density at radius 3 is 2.25 bits per heavy atom. The first-order valence-corrected chi connectivity index (χ1v) is 8.30. The lowest BCUT2D eigenvalue weighted by Gasteiger charge is -2.23. The molecule has 0 aromatic heterocycles. The molecule has 1 fully saturated rings. The van der Waals surface area contributed by atoms with E-state index < -0.39 is 9.84 Å². The summed E-state index contributed by atoms with van der Waals surface area (Å²) in [6, 6.07) is 0. The number of rotatable bonds is 6. The average Bonchev–Trinajstić information content (AvgIpc) is 2.26. The SMILES string of the molecule is CCC(CC)CNCC1CCS(=O)(=O)CC1. The van der Waals surface area contributed by atoms with E-state index >= 15 is 0 Å². The van der Waals surface area contributed by atoms with Crippen molar-refractivity contribution in [2.24, 2.45) is 11.8 Å². The van der Waals surface area contributed by atoms with Crippen molar-refractivity contribution < 1.29 is 8.42 Å². The van der Waals surface area contributed by atoms with E-state index in [2.05, 4.69) is 19.2 Å². The molecule has 0 spiro atoms. The Morgan fingerprint density at radius 1 is 1.19 bits per heavy atom. The van der Waals surface area contributed by atoms with E-state index in [1.54, 1.807) is 0 Å². The Morgan fingerprint density at radius 2 is 1.75 bits per heavy atom. The number of hydrogen-bond acceptors (Lipinski definition) is 3. The summed E-state index contributed by atoms with van der Waals surface area (Å²) in [7, 11) is -2.69. The highest BCUT2D eigenvalue weighted by atomic mass is 32.2. The molecule has 0 radical (unpaired) electrons. The number of sulfone groups is 1. The molecule has 0 saturated carbocycles. The molecule has 16 heavy (non-hydrogen) atoms. The second kappa shape index (κ2) is 6.60. The smallest absolute Gasteiger partial charge is 0.150 e. The lowest BCUT2D eigenvalue weighted by Crippen LogP contribution is -2.33. The van der Waals surface area contributed by atoms with Crippen LogP contribution in [0.4, 0.5) is 0 Å². The van der Waals surface area contributed by atoms with Gasteiger partial charge in [0.05, 0.1) is 11.5 Å². The largest absolute Gasteiger partial charge is 0.316 e. The van der Waals surface area contributed by atoms with E-state index in [1.165, 1.54) is 12.8 Å². The van der Waals surface area contributed by atoms with Gasteiger partial charge >= 0.3 is 0 Å². The average molecular weight is 247 g/mol. The van der Waals surface area contributed by atoms with Crippen LogP contribution in [0, 0.1) is 11.8 Å². The van der Waals surface area contributed by atoms with Crippen molar-refractivity contribution >= 4 is 9.84 Å². The third kappa shape index (κ3) is 4.83. The van der Waals surface area contributed by atoms with Crippen LogP contribution in [0.2, 0.25) is 0 Å². The van der Waals surface area contributed by atoms with Gasteiger partial charge in [-0.2, -0.15) is 0 Å². The standard InChI is InChI=1S/C12H25NO2S/c1-3-11(4-2)9-13-10-12-5-7-16(14,15)8-6-12/h11-13H,3-10H2,1-2H3. The first-order chi connectivity index (χ1) is 7.57. The van der Waals surface area contributed by atoms with Gasteiger partial charge in [0.1, 0.15) is 9.84 Å². The summed E-state index contributed by atoms with van der Waals surface area (Å²) in [5, 5.41) is 3.49. The molecule has 1 heterocycles. The minimum atomic E-state index is -2.69. The normalized spacial score (nSPS) is 21.4. The highest BCUT2D eigenvalue weighted by molar-refractivity contribution is 7.91. The van der Waals surface area contributed by atoms with Gasteiger partial charge in [-0.25, -0.2) is 8.42 Å². The molecule has 1 saturated heterocycles. The molecule has 0 amide bonds. The topological polar surface area (TPSA) is 46.2 Å². The molecular formula is C12H25NO2S. The predicted octanol–water partition coefficient (Wildman–Crippen LogP) is 1.84. The van der Waals surface area contributed by atoms with Crippen LogP contribution in [0.3, 0.4) is 0 Å². The van der Waals surface area contributed by atoms with Crippen LogP contribution in [-0.2, 0) is 9.84 Å². The van der Waals surface area contributed by atoms with Crippen LogP contribution in [0.5, 0.6) is 0 Å².